The third-order valence-corrected chi connectivity index (χ3v) is 3.21. The Morgan fingerprint density at radius 1 is 1.33 bits per heavy atom. The molecule has 0 bridgehead atoms. The SMILES string of the molecule is CN(CCC(N)C1CC1)C1CC1. The van der Waals surface area contributed by atoms with Gasteiger partial charge < -0.3 is 10.6 Å². The van der Waals surface area contributed by atoms with Crippen LogP contribution in [0.1, 0.15) is 32.1 Å². The van der Waals surface area contributed by atoms with Gasteiger partial charge in [-0.25, -0.2) is 0 Å². The van der Waals surface area contributed by atoms with Gasteiger partial charge in [0.25, 0.3) is 0 Å². The molecule has 2 rings (SSSR count). The van der Waals surface area contributed by atoms with E-state index in [-0.39, 0.29) is 0 Å². The topological polar surface area (TPSA) is 29.3 Å². The van der Waals surface area contributed by atoms with Crippen molar-refractivity contribution in [2.75, 3.05) is 13.6 Å². The summed E-state index contributed by atoms with van der Waals surface area (Å²) in [5.74, 6) is 0.873. The molecule has 2 N–H and O–H groups in total. The van der Waals surface area contributed by atoms with E-state index in [2.05, 4.69) is 11.9 Å². The molecule has 2 nitrogen and oxygen atoms in total. The Bertz CT molecular complexity index is 132. The lowest BCUT2D eigenvalue weighted by molar-refractivity contribution is 0.303. The molecule has 2 fully saturated rings. The molecule has 2 aliphatic carbocycles. The molecule has 1 unspecified atom stereocenters. The summed E-state index contributed by atoms with van der Waals surface area (Å²) >= 11 is 0. The van der Waals surface area contributed by atoms with Crippen LogP contribution >= 0.6 is 0 Å². The number of hydrogen-bond donors (Lipinski definition) is 1. The highest BCUT2D eigenvalue weighted by Crippen LogP contribution is 2.33. The molecule has 0 spiro atoms. The predicted octanol–water partition coefficient (Wildman–Crippen LogP) is 1.21. The van der Waals surface area contributed by atoms with Crippen LogP contribution in [0.5, 0.6) is 0 Å². The molecule has 0 aromatic rings. The van der Waals surface area contributed by atoms with Crippen LogP contribution in [-0.2, 0) is 0 Å². The first-order valence-electron chi connectivity index (χ1n) is 5.23. The van der Waals surface area contributed by atoms with Gasteiger partial charge in [0.15, 0.2) is 0 Å². The summed E-state index contributed by atoms with van der Waals surface area (Å²) in [4.78, 5) is 2.47. The number of hydrogen-bond acceptors (Lipinski definition) is 2. The van der Waals surface area contributed by atoms with Crippen LogP contribution in [-0.4, -0.2) is 30.6 Å². The molecule has 0 aromatic carbocycles. The second kappa shape index (κ2) is 3.35. The summed E-state index contributed by atoms with van der Waals surface area (Å²) in [6.07, 6.45) is 6.80. The molecule has 1 atom stereocenters. The quantitative estimate of drug-likeness (QED) is 0.668. The van der Waals surface area contributed by atoms with Crippen LogP contribution in [0.25, 0.3) is 0 Å². The smallest absolute Gasteiger partial charge is 0.00933 e. The average molecular weight is 168 g/mol. The zero-order chi connectivity index (χ0) is 8.55. The van der Waals surface area contributed by atoms with Gasteiger partial charge >= 0.3 is 0 Å². The van der Waals surface area contributed by atoms with Crippen molar-refractivity contribution >= 4 is 0 Å². The Balaban J connectivity index is 1.59. The van der Waals surface area contributed by atoms with Crippen molar-refractivity contribution in [1.29, 1.82) is 0 Å². The maximum atomic E-state index is 6.02. The van der Waals surface area contributed by atoms with Gasteiger partial charge in [-0.1, -0.05) is 0 Å². The normalized spacial score (nSPS) is 26.2. The van der Waals surface area contributed by atoms with E-state index in [0.29, 0.717) is 6.04 Å². The van der Waals surface area contributed by atoms with E-state index in [9.17, 15) is 0 Å². The maximum absolute atomic E-state index is 6.02. The number of rotatable bonds is 5. The van der Waals surface area contributed by atoms with E-state index in [1.54, 1.807) is 0 Å². The highest BCUT2D eigenvalue weighted by atomic mass is 15.1. The second-order valence-electron chi connectivity index (χ2n) is 4.50. The van der Waals surface area contributed by atoms with Crippen molar-refractivity contribution in [1.82, 2.24) is 4.90 Å². The minimum Gasteiger partial charge on any atom is -0.327 e. The lowest BCUT2D eigenvalue weighted by Gasteiger charge is -2.18. The zero-order valence-corrected chi connectivity index (χ0v) is 8.00. The van der Waals surface area contributed by atoms with Crippen molar-refractivity contribution < 1.29 is 0 Å². The first kappa shape index (κ1) is 8.52. The number of nitrogens with two attached hydrogens (primary N) is 1. The van der Waals surface area contributed by atoms with Crippen LogP contribution in [0.3, 0.4) is 0 Å². The van der Waals surface area contributed by atoms with Crippen molar-refractivity contribution in [2.24, 2.45) is 11.7 Å². The monoisotopic (exact) mass is 168 g/mol. The summed E-state index contributed by atoms with van der Waals surface area (Å²) in [7, 11) is 2.23. The van der Waals surface area contributed by atoms with Crippen molar-refractivity contribution in [3.05, 3.63) is 0 Å². The third-order valence-electron chi connectivity index (χ3n) is 3.21. The molecule has 0 saturated heterocycles. The molecule has 70 valence electrons. The third kappa shape index (κ3) is 2.20. The van der Waals surface area contributed by atoms with Crippen LogP contribution < -0.4 is 5.73 Å². The molecule has 12 heavy (non-hydrogen) atoms. The maximum Gasteiger partial charge on any atom is 0.00933 e. The first-order valence-corrected chi connectivity index (χ1v) is 5.23. The summed E-state index contributed by atoms with van der Waals surface area (Å²) in [5, 5.41) is 0. The van der Waals surface area contributed by atoms with E-state index in [0.717, 1.165) is 12.0 Å². The molecule has 0 radical (unpaired) electrons. The number of nitrogens with zero attached hydrogens (tertiary/aromatic N) is 1. The Morgan fingerprint density at radius 2 is 2.00 bits per heavy atom. The van der Waals surface area contributed by atoms with Gasteiger partial charge in [-0.2, -0.15) is 0 Å². The lowest BCUT2D eigenvalue weighted by atomic mass is 10.1. The molecule has 0 aliphatic heterocycles. The minimum atomic E-state index is 0.492. The average Bonchev–Trinajstić information content (AvgIpc) is 2.91. The fraction of sp³-hybridized carbons (Fsp3) is 1.00. The lowest BCUT2D eigenvalue weighted by Crippen LogP contribution is -2.30. The van der Waals surface area contributed by atoms with E-state index < -0.39 is 0 Å². The largest absolute Gasteiger partial charge is 0.327 e. The molecule has 0 aromatic heterocycles. The van der Waals surface area contributed by atoms with E-state index in [4.69, 9.17) is 5.73 Å². The van der Waals surface area contributed by atoms with Crippen LogP contribution in [0.4, 0.5) is 0 Å². The Labute approximate surface area is 75.1 Å². The molecule has 0 heterocycles. The van der Waals surface area contributed by atoms with E-state index in [1.165, 1.54) is 38.6 Å². The molecule has 2 saturated carbocycles. The zero-order valence-electron chi connectivity index (χ0n) is 8.00. The highest BCUT2D eigenvalue weighted by Gasteiger charge is 2.30. The summed E-state index contributed by atoms with van der Waals surface area (Å²) in [5.41, 5.74) is 6.02. The van der Waals surface area contributed by atoms with Crippen molar-refractivity contribution in [3.63, 3.8) is 0 Å². The van der Waals surface area contributed by atoms with Crippen molar-refractivity contribution in [2.45, 2.75) is 44.2 Å². The van der Waals surface area contributed by atoms with Crippen molar-refractivity contribution in [3.8, 4) is 0 Å². The fourth-order valence-electron chi connectivity index (χ4n) is 1.81. The summed E-state index contributed by atoms with van der Waals surface area (Å²) in [6, 6.07) is 1.39. The minimum absolute atomic E-state index is 0.492. The van der Waals surface area contributed by atoms with E-state index in [1.807, 2.05) is 0 Å². The second-order valence-corrected chi connectivity index (χ2v) is 4.50. The fourth-order valence-corrected chi connectivity index (χ4v) is 1.81. The highest BCUT2D eigenvalue weighted by molar-refractivity contribution is 4.87. The first-order chi connectivity index (χ1) is 5.77. The van der Waals surface area contributed by atoms with Gasteiger partial charge in [-0.3, -0.25) is 0 Å². The summed E-state index contributed by atoms with van der Waals surface area (Å²) in [6.45, 7) is 1.21. The van der Waals surface area contributed by atoms with Gasteiger partial charge in [-0.15, -0.1) is 0 Å². The Hall–Kier alpha value is -0.0800. The van der Waals surface area contributed by atoms with Gasteiger partial charge in [0.2, 0.25) is 0 Å². The van der Waals surface area contributed by atoms with Crippen LogP contribution in [0, 0.1) is 5.92 Å². The van der Waals surface area contributed by atoms with Gasteiger partial charge in [0, 0.05) is 12.1 Å². The standard InChI is InChI=1S/C10H20N2/c1-12(9-4-5-9)7-6-10(11)8-2-3-8/h8-10H,2-7,11H2,1H3. The summed E-state index contributed by atoms with van der Waals surface area (Å²) < 4.78 is 0. The van der Waals surface area contributed by atoms with E-state index >= 15 is 0 Å². The van der Waals surface area contributed by atoms with Gasteiger partial charge in [-0.05, 0) is 51.6 Å². The van der Waals surface area contributed by atoms with Gasteiger partial charge in [0.05, 0.1) is 0 Å². The molecular formula is C10H20N2. The van der Waals surface area contributed by atoms with Gasteiger partial charge in [0.1, 0.15) is 0 Å². The molecule has 2 aliphatic rings. The Kier molecular flexibility index (Phi) is 2.37. The molecular weight excluding hydrogens is 148 g/mol. The molecule has 2 heteroatoms. The van der Waals surface area contributed by atoms with Crippen LogP contribution in [0.2, 0.25) is 0 Å². The predicted molar refractivity (Wildman–Crippen MR) is 51.0 cm³/mol. The Morgan fingerprint density at radius 3 is 2.50 bits per heavy atom. The van der Waals surface area contributed by atoms with Crippen LogP contribution in [0.15, 0.2) is 0 Å². The molecule has 0 amide bonds.